The summed E-state index contributed by atoms with van der Waals surface area (Å²) in [6, 6.07) is 5.56. The lowest BCUT2D eigenvalue weighted by Crippen LogP contribution is -2.29. The van der Waals surface area contributed by atoms with E-state index in [1.54, 1.807) is 19.1 Å². The molecule has 110 valence electrons. The van der Waals surface area contributed by atoms with Crippen LogP contribution in [0.3, 0.4) is 0 Å². The van der Waals surface area contributed by atoms with Crippen molar-refractivity contribution in [3.63, 3.8) is 0 Å². The zero-order chi connectivity index (χ0) is 15.5. The molecule has 0 radical (unpaired) electrons. The minimum absolute atomic E-state index is 0.231. The van der Waals surface area contributed by atoms with Crippen LogP contribution in [0, 0.1) is 12.7 Å². The van der Waals surface area contributed by atoms with Gasteiger partial charge in [0.25, 0.3) is 0 Å². The van der Waals surface area contributed by atoms with E-state index in [4.69, 9.17) is 15.9 Å². The second kappa shape index (κ2) is 6.02. The summed E-state index contributed by atoms with van der Waals surface area (Å²) >= 11 is 0. The molecule has 0 saturated heterocycles. The number of hydrogen-bond donors (Lipinski definition) is 3. The third-order valence-corrected chi connectivity index (χ3v) is 2.47. The summed E-state index contributed by atoms with van der Waals surface area (Å²) in [5.74, 6) is -1.47. The van der Waals surface area contributed by atoms with Crippen LogP contribution in [0.5, 0.6) is 5.75 Å². The molecule has 2 aromatic carbocycles. The fraction of sp³-hybridized carbons (Fsp3) is 0.286. The highest BCUT2D eigenvalue weighted by Crippen LogP contribution is 2.34. The van der Waals surface area contributed by atoms with E-state index in [1.165, 1.54) is 6.07 Å². The molecular formula is C14H17F2NO3. The van der Waals surface area contributed by atoms with Gasteiger partial charge in [0.1, 0.15) is 0 Å². The third kappa shape index (κ3) is 3.55. The Hall–Kier alpha value is -1.92. The number of ether oxygens (including phenoxy) is 1. The topological polar surface area (TPSA) is 75.7 Å². The number of alkyl halides is 1. The Balaban J connectivity index is 0.000000956. The summed E-state index contributed by atoms with van der Waals surface area (Å²) < 4.78 is 30.5. The Bertz CT molecular complexity index is 609. The molecule has 6 heteroatoms. The van der Waals surface area contributed by atoms with Crippen LogP contribution in [0.1, 0.15) is 19.4 Å². The molecule has 0 amide bonds. The lowest BCUT2D eigenvalue weighted by Gasteiger charge is -2.17. The molecule has 0 fully saturated rings. The van der Waals surface area contributed by atoms with E-state index in [2.05, 4.69) is 4.74 Å². The van der Waals surface area contributed by atoms with Gasteiger partial charge in [0, 0.05) is 11.1 Å². The number of halogens is 2. The van der Waals surface area contributed by atoms with Crippen LogP contribution >= 0.6 is 0 Å². The van der Waals surface area contributed by atoms with Gasteiger partial charge in [-0.1, -0.05) is 19.9 Å². The third-order valence-electron chi connectivity index (χ3n) is 2.47. The van der Waals surface area contributed by atoms with Gasteiger partial charge in [0.2, 0.25) is 0 Å². The van der Waals surface area contributed by atoms with Crippen LogP contribution in [0.15, 0.2) is 24.3 Å². The molecule has 0 aliphatic rings. The molecule has 0 aromatic heterocycles. The lowest BCUT2D eigenvalue weighted by atomic mass is 10.0. The van der Waals surface area contributed by atoms with Gasteiger partial charge in [0.05, 0.1) is 0 Å². The summed E-state index contributed by atoms with van der Waals surface area (Å²) in [5, 5.41) is 17.9. The van der Waals surface area contributed by atoms with Crippen molar-refractivity contribution in [3.8, 4) is 5.75 Å². The zero-order valence-electron chi connectivity index (χ0n) is 11.4. The number of aliphatic hydroxyl groups is 2. The number of nitrogens with two attached hydrogens (primary N) is 1. The second-order valence-corrected chi connectivity index (χ2v) is 3.94. The van der Waals surface area contributed by atoms with Crippen molar-refractivity contribution in [2.24, 2.45) is 0 Å². The van der Waals surface area contributed by atoms with Crippen molar-refractivity contribution in [2.75, 3.05) is 5.73 Å². The van der Waals surface area contributed by atoms with Crippen LogP contribution in [-0.2, 0) is 0 Å². The molecule has 0 aliphatic heterocycles. The summed E-state index contributed by atoms with van der Waals surface area (Å²) in [6.07, 6.45) is -3.94. The van der Waals surface area contributed by atoms with Crippen LogP contribution < -0.4 is 10.5 Å². The Morgan fingerprint density at radius 1 is 1.20 bits per heavy atom. The number of aryl methyl sites for hydroxylation is 1. The van der Waals surface area contributed by atoms with Crippen LogP contribution in [-0.4, -0.2) is 16.4 Å². The number of anilines is 1. The van der Waals surface area contributed by atoms with E-state index in [9.17, 15) is 8.78 Å². The molecular weight excluding hydrogens is 268 g/mol. The SMILES string of the molecule is CC.Cc1cc(N)cc2ccc(F)c(OC(O)(O)F)c12. The molecule has 0 bridgehead atoms. The molecule has 4 N–H and O–H groups in total. The second-order valence-electron chi connectivity index (χ2n) is 3.94. The van der Waals surface area contributed by atoms with E-state index in [0.29, 0.717) is 16.6 Å². The van der Waals surface area contributed by atoms with E-state index >= 15 is 0 Å². The molecule has 20 heavy (non-hydrogen) atoms. The van der Waals surface area contributed by atoms with Crippen molar-refractivity contribution in [2.45, 2.75) is 27.0 Å². The molecule has 0 spiro atoms. The highest BCUT2D eigenvalue weighted by atomic mass is 19.2. The monoisotopic (exact) mass is 285 g/mol. The predicted octanol–water partition coefficient (Wildman–Crippen LogP) is 2.84. The van der Waals surface area contributed by atoms with Gasteiger partial charge in [-0.15, -0.1) is 4.39 Å². The maximum absolute atomic E-state index is 13.6. The Labute approximate surface area is 115 Å². The standard InChI is InChI=1S/C12H11F2NO3.C2H6/c1-6-4-8(15)5-7-2-3-9(13)11(10(6)7)18-12(14,16)17;1-2/h2-5,16-17H,15H2,1H3;1-2H3. The number of benzene rings is 2. The van der Waals surface area contributed by atoms with Gasteiger partial charge < -0.3 is 20.7 Å². The average Bonchev–Trinajstić information content (AvgIpc) is 2.33. The Morgan fingerprint density at radius 3 is 2.35 bits per heavy atom. The van der Waals surface area contributed by atoms with Crippen LogP contribution in [0.2, 0.25) is 0 Å². The fourth-order valence-electron chi connectivity index (χ4n) is 1.87. The van der Waals surface area contributed by atoms with Crippen LogP contribution in [0.25, 0.3) is 10.8 Å². The van der Waals surface area contributed by atoms with Gasteiger partial charge in [0.15, 0.2) is 11.6 Å². The maximum Gasteiger partial charge on any atom is 0.492 e. The highest BCUT2D eigenvalue weighted by Gasteiger charge is 2.27. The zero-order valence-corrected chi connectivity index (χ0v) is 11.4. The molecule has 0 heterocycles. The summed E-state index contributed by atoms with van der Waals surface area (Å²) in [6.45, 7) is 5.62. The van der Waals surface area contributed by atoms with Crippen LogP contribution in [0.4, 0.5) is 14.5 Å². The lowest BCUT2D eigenvalue weighted by molar-refractivity contribution is -0.375. The molecule has 2 aromatic rings. The first-order valence-electron chi connectivity index (χ1n) is 6.09. The van der Waals surface area contributed by atoms with Crippen molar-refractivity contribution >= 4 is 16.5 Å². The largest absolute Gasteiger partial charge is 0.492 e. The summed E-state index contributed by atoms with van der Waals surface area (Å²) in [4.78, 5) is 0. The van der Waals surface area contributed by atoms with Gasteiger partial charge in [-0.2, -0.15) is 0 Å². The smallest absolute Gasteiger partial charge is 0.409 e. The first-order valence-corrected chi connectivity index (χ1v) is 6.09. The Morgan fingerprint density at radius 2 is 1.80 bits per heavy atom. The van der Waals surface area contributed by atoms with Gasteiger partial charge in [-0.25, -0.2) is 4.39 Å². The van der Waals surface area contributed by atoms with E-state index in [1.807, 2.05) is 13.8 Å². The first kappa shape index (κ1) is 16.1. The quantitative estimate of drug-likeness (QED) is 0.586. The molecule has 2 rings (SSSR count). The van der Waals surface area contributed by atoms with Crippen molar-refractivity contribution in [3.05, 3.63) is 35.6 Å². The summed E-state index contributed by atoms with van der Waals surface area (Å²) in [5.41, 5.74) is 6.62. The van der Waals surface area contributed by atoms with E-state index < -0.39 is 17.8 Å². The minimum atomic E-state index is -3.94. The number of hydrogen-bond acceptors (Lipinski definition) is 4. The molecule has 4 nitrogen and oxygen atoms in total. The van der Waals surface area contributed by atoms with Crippen molar-refractivity contribution in [1.82, 2.24) is 0 Å². The minimum Gasteiger partial charge on any atom is -0.409 e. The molecule has 0 saturated carbocycles. The average molecular weight is 285 g/mol. The van der Waals surface area contributed by atoms with Gasteiger partial charge in [-0.05, 0) is 36.1 Å². The van der Waals surface area contributed by atoms with Crippen molar-refractivity contribution < 1.29 is 23.7 Å². The fourth-order valence-corrected chi connectivity index (χ4v) is 1.87. The van der Waals surface area contributed by atoms with Gasteiger partial charge in [-0.3, -0.25) is 0 Å². The van der Waals surface area contributed by atoms with Crippen molar-refractivity contribution in [1.29, 1.82) is 0 Å². The Kier molecular flexibility index (Phi) is 4.86. The molecule has 0 unspecified atom stereocenters. The molecule has 0 aliphatic carbocycles. The number of fused-ring (bicyclic) bond motifs is 1. The van der Waals surface area contributed by atoms with Gasteiger partial charge >= 0.3 is 6.23 Å². The van der Waals surface area contributed by atoms with E-state index in [-0.39, 0.29) is 5.39 Å². The molecule has 0 atom stereocenters. The summed E-state index contributed by atoms with van der Waals surface area (Å²) in [7, 11) is 0. The normalized spacial score (nSPS) is 10.9. The number of rotatable bonds is 2. The predicted molar refractivity (Wildman–Crippen MR) is 73.3 cm³/mol. The number of nitrogen functional groups attached to an aromatic ring is 1. The van der Waals surface area contributed by atoms with E-state index in [0.717, 1.165) is 6.07 Å². The highest BCUT2D eigenvalue weighted by molar-refractivity contribution is 5.93. The first-order chi connectivity index (χ1) is 9.28. The maximum atomic E-state index is 13.6.